The highest BCUT2D eigenvalue weighted by Gasteiger charge is 2.22. The van der Waals surface area contributed by atoms with Crippen LogP contribution < -0.4 is 16.0 Å². The van der Waals surface area contributed by atoms with Crippen molar-refractivity contribution in [2.24, 2.45) is 4.99 Å². The van der Waals surface area contributed by atoms with Gasteiger partial charge in [0.25, 0.3) is 0 Å². The van der Waals surface area contributed by atoms with Crippen molar-refractivity contribution >= 4 is 57.3 Å². The number of amides is 1. The molecule has 4 N–H and O–H groups in total. The van der Waals surface area contributed by atoms with Crippen LogP contribution in [0.3, 0.4) is 0 Å². The van der Waals surface area contributed by atoms with Crippen molar-refractivity contribution < 1.29 is 9.90 Å². The molecule has 0 saturated heterocycles. The van der Waals surface area contributed by atoms with Crippen LogP contribution in [0.15, 0.2) is 35.3 Å². The molecular formula is C20H29IN4O2S. The Morgan fingerprint density at radius 2 is 2.11 bits per heavy atom. The summed E-state index contributed by atoms with van der Waals surface area (Å²) in [7, 11) is 0. The molecule has 1 aliphatic rings. The summed E-state index contributed by atoms with van der Waals surface area (Å²) < 4.78 is 1.17. The third kappa shape index (κ3) is 7.21. The normalized spacial score (nSPS) is 15.0. The predicted molar refractivity (Wildman–Crippen MR) is 127 cm³/mol. The number of fused-ring (bicyclic) bond motifs is 1. The van der Waals surface area contributed by atoms with Gasteiger partial charge < -0.3 is 21.1 Å². The maximum atomic E-state index is 11.7. The molecular weight excluding hydrogens is 487 g/mol. The number of benzene rings is 1. The monoisotopic (exact) mass is 516 g/mol. The Morgan fingerprint density at radius 1 is 1.32 bits per heavy atom. The van der Waals surface area contributed by atoms with Crippen LogP contribution in [0.25, 0.3) is 10.1 Å². The van der Waals surface area contributed by atoms with E-state index in [1.165, 1.54) is 4.70 Å². The average Bonchev–Trinajstić information content (AvgIpc) is 3.36. The minimum atomic E-state index is -0.623. The summed E-state index contributed by atoms with van der Waals surface area (Å²) in [4.78, 5) is 17.1. The lowest BCUT2D eigenvalue weighted by Gasteiger charge is -2.12. The number of hydrogen-bond donors (Lipinski definition) is 4. The highest BCUT2D eigenvalue weighted by Crippen LogP contribution is 2.29. The van der Waals surface area contributed by atoms with Crippen LogP contribution in [0.1, 0.15) is 43.6 Å². The van der Waals surface area contributed by atoms with Crippen LogP contribution in [0.4, 0.5) is 0 Å². The lowest BCUT2D eigenvalue weighted by Crippen LogP contribution is -2.38. The molecule has 1 aromatic carbocycles. The van der Waals surface area contributed by atoms with E-state index in [-0.39, 0.29) is 29.9 Å². The second-order valence-corrected chi connectivity index (χ2v) is 7.91. The maximum absolute atomic E-state index is 11.7. The summed E-state index contributed by atoms with van der Waals surface area (Å²) in [5.74, 6) is 0.793. The van der Waals surface area contributed by atoms with Crippen molar-refractivity contribution in [3.8, 4) is 0 Å². The fraction of sp³-hybridized carbons (Fsp3) is 0.500. The molecule has 8 heteroatoms. The number of carbonyl (C=O) groups is 1. The number of aliphatic hydroxyl groups excluding tert-OH is 1. The van der Waals surface area contributed by atoms with E-state index in [9.17, 15) is 9.90 Å². The number of nitrogens with one attached hydrogen (secondary N) is 3. The second-order valence-electron chi connectivity index (χ2n) is 6.79. The predicted octanol–water partition coefficient (Wildman–Crippen LogP) is 3.17. The molecule has 1 heterocycles. The molecule has 6 nitrogen and oxygen atoms in total. The lowest BCUT2D eigenvalue weighted by atomic mass is 10.2. The van der Waals surface area contributed by atoms with E-state index in [1.807, 2.05) is 25.1 Å². The van der Waals surface area contributed by atoms with Gasteiger partial charge in [0.1, 0.15) is 6.10 Å². The topological polar surface area (TPSA) is 85.8 Å². The zero-order valence-corrected chi connectivity index (χ0v) is 19.3. The Balaban J connectivity index is 0.00000280. The SMILES string of the molecule is CCNC(=NCC(O)c1cc2ccccc2s1)NCCCC(=O)NC1CC1.I. The van der Waals surface area contributed by atoms with Gasteiger partial charge in [-0.2, -0.15) is 0 Å². The van der Waals surface area contributed by atoms with Crippen molar-refractivity contribution in [1.82, 2.24) is 16.0 Å². The third-order valence-electron chi connectivity index (χ3n) is 4.36. The molecule has 1 atom stereocenters. The molecule has 154 valence electrons. The summed E-state index contributed by atoms with van der Waals surface area (Å²) in [6.45, 7) is 3.71. The van der Waals surface area contributed by atoms with Gasteiger partial charge in [0.15, 0.2) is 5.96 Å². The van der Waals surface area contributed by atoms with Gasteiger partial charge in [-0.1, -0.05) is 18.2 Å². The molecule has 1 unspecified atom stereocenters. The number of hydrogen-bond acceptors (Lipinski definition) is 4. The number of aliphatic hydroxyl groups is 1. The highest BCUT2D eigenvalue weighted by atomic mass is 127. The molecule has 1 saturated carbocycles. The average molecular weight is 516 g/mol. The molecule has 1 fully saturated rings. The molecule has 2 aromatic rings. The molecule has 1 amide bonds. The minimum Gasteiger partial charge on any atom is -0.386 e. The van der Waals surface area contributed by atoms with Gasteiger partial charge >= 0.3 is 0 Å². The Bertz CT molecular complexity index is 758. The Morgan fingerprint density at radius 3 is 2.82 bits per heavy atom. The smallest absolute Gasteiger partial charge is 0.220 e. The van der Waals surface area contributed by atoms with Gasteiger partial charge in [-0.05, 0) is 43.7 Å². The van der Waals surface area contributed by atoms with Crippen molar-refractivity contribution in [3.63, 3.8) is 0 Å². The van der Waals surface area contributed by atoms with Crippen LogP contribution in [-0.2, 0) is 4.79 Å². The van der Waals surface area contributed by atoms with E-state index in [0.717, 1.165) is 36.1 Å². The molecule has 0 bridgehead atoms. The lowest BCUT2D eigenvalue weighted by molar-refractivity contribution is -0.121. The van der Waals surface area contributed by atoms with Gasteiger partial charge in [0.05, 0.1) is 6.54 Å². The summed E-state index contributed by atoms with van der Waals surface area (Å²) in [6.07, 6.45) is 2.88. The largest absolute Gasteiger partial charge is 0.386 e. The summed E-state index contributed by atoms with van der Waals surface area (Å²) >= 11 is 1.60. The van der Waals surface area contributed by atoms with Crippen molar-refractivity contribution in [2.75, 3.05) is 19.6 Å². The van der Waals surface area contributed by atoms with Gasteiger partial charge in [-0.15, -0.1) is 35.3 Å². The number of halogens is 1. The Labute approximate surface area is 187 Å². The van der Waals surface area contributed by atoms with Crippen LogP contribution >= 0.6 is 35.3 Å². The van der Waals surface area contributed by atoms with E-state index in [0.29, 0.717) is 31.5 Å². The molecule has 3 rings (SSSR count). The second kappa shape index (κ2) is 11.6. The fourth-order valence-electron chi connectivity index (χ4n) is 2.76. The van der Waals surface area contributed by atoms with Crippen LogP contribution in [0.5, 0.6) is 0 Å². The first-order valence-electron chi connectivity index (χ1n) is 9.63. The first-order valence-corrected chi connectivity index (χ1v) is 10.5. The zero-order valence-electron chi connectivity index (χ0n) is 16.1. The first kappa shape index (κ1) is 22.9. The molecule has 1 aliphatic carbocycles. The Hall–Kier alpha value is -1.39. The third-order valence-corrected chi connectivity index (χ3v) is 5.57. The Kier molecular flexibility index (Phi) is 9.46. The summed E-state index contributed by atoms with van der Waals surface area (Å²) in [6, 6.07) is 10.6. The quantitative estimate of drug-likeness (QED) is 0.179. The van der Waals surface area contributed by atoms with Gasteiger partial charge in [-0.3, -0.25) is 9.79 Å². The van der Waals surface area contributed by atoms with Crippen LogP contribution in [-0.4, -0.2) is 42.6 Å². The number of nitrogens with zero attached hydrogens (tertiary/aromatic N) is 1. The van der Waals surface area contributed by atoms with Crippen molar-refractivity contribution in [1.29, 1.82) is 0 Å². The number of carbonyl (C=O) groups excluding carboxylic acids is 1. The minimum absolute atomic E-state index is 0. The van der Waals surface area contributed by atoms with Crippen molar-refractivity contribution in [2.45, 2.75) is 44.8 Å². The molecule has 0 spiro atoms. The van der Waals surface area contributed by atoms with Crippen LogP contribution in [0, 0.1) is 0 Å². The van der Waals surface area contributed by atoms with Gasteiger partial charge in [0, 0.05) is 35.1 Å². The number of thiophene rings is 1. The molecule has 28 heavy (non-hydrogen) atoms. The number of rotatable bonds is 9. The highest BCUT2D eigenvalue weighted by molar-refractivity contribution is 14.0. The maximum Gasteiger partial charge on any atom is 0.220 e. The summed E-state index contributed by atoms with van der Waals surface area (Å²) in [5, 5.41) is 21.0. The van der Waals surface area contributed by atoms with E-state index in [4.69, 9.17) is 0 Å². The van der Waals surface area contributed by atoms with E-state index in [1.54, 1.807) is 11.3 Å². The molecule has 1 aromatic heterocycles. The van der Waals surface area contributed by atoms with E-state index >= 15 is 0 Å². The summed E-state index contributed by atoms with van der Waals surface area (Å²) in [5.41, 5.74) is 0. The van der Waals surface area contributed by atoms with E-state index in [2.05, 4.69) is 33.1 Å². The first-order chi connectivity index (χ1) is 13.2. The molecule has 0 radical (unpaired) electrons. The number of aliphatic imine (C=N–C) groups is 1. The standard InChI is InChI=1S/C20H28N4O2S.HI/c1-2-21-20(22-11-5-8-19(26)24-15-9-10-15)23-13-16(25)18-12-14-6-3-4-7-17(14)27-18;/h3-4,6-7,12,15-16,25H,2,5,8-11,13H2,1H3,(H,24,26)(H2,21,22,23);1H. The van der Waals surface area contributed by atoms with E-state index < -0.39 is 6.10 Å². The van der Waals surface area contributed by atoms with Gasteiger partial charge in [-0.25, -0.2) is 0 Å². The van der Waals surface area contributed by atoms with Gasteiger partial charge in [0.2, 0.25) is 5.91 Å². The zero-order chi connectivity index (χ0) is 19.1. The molecule has 0 aliphatic heterocycles. The van der Waals surface area contributed by atoms with Crippen molar-refractivity contribution in [3.05, 3.63) is 35.2 Å². The fourth-order valence-corrected chi connectivity index (χ4v) is 3.80. The number of guanidine groups is 1. The van der Waals surface area contributed by atoms with Crippen LogP contribution in [0.2, 0.25) is 0 Å².